The van der Waals surface area contributed by atoms with Crippen LogP contribution in [0.25, 0.3) is 22.6 Å². The van der Waals surface area contributed by atoms with Crippen LogP contribution in [0.3, 0.4) is 0 Å². The van der Waals surface area contributed by atoms with E-state index >= 15 is 0 Å². The molecule has 0 bridgehead atoms. The summed E-state index contributed by atoms with van der Waals surface area (Å²) < 4.78 is 1.70. The predicted octanol–water partition coefficient (Wildman–Crippen LogP) is 4.94. The number of carboxylic acids is 1. The highest BCUT2D eigenvalue weighted by Crippen LogP contribution is 2.42. The summed E-state index contributed by atoms with van der Waals surface area (Å²) >= 11 is 0. The molecule has 1 aromatic heterocycles. The van der Waals surface area contributed by atoms with E-state index in [1.54, 1.807) is 15.7 Å². The van der Waals surface area contributed by atoms with E-state index < -0.39 is 5.97 Å². The molecule has 4 aromatic rings. The minimum absolute atomic E-state index is 0.0996. The normalized spacial score (nSPS) is 14.5. The van der Waals surface area contributed by atoms with Crippen molar-refractivity contribution >= 4 is 45.8 Å². The summed E-state index contributed by atoms with van der Waals surface area (Å²) in [5, 5.41) is 10.2. The third kappa shape index (κ3) is 2.88. The van der Waals surface area contributed by atoms with Crippen LogP contribution in [0.1, 0.15) is 11.1 Å². The maximum absolute atomic E-state index is 13.4. The monoisotopic (exact) mass is 394 g/mol. The Morgan fingerprint density at radius 2 is 1.60 bits per heavy atom. The van der Waals surface area contributed by atoms with Gasteiger partial charge in [0.2, 0.25) is 0 Å². The molecule has 5 nitrogen and oxygen atoms in total. The minimum Gasteiger partial charge on any atom is -0.480 e. The van der Waals surface area contributed by atoms with Gasteiger partial charge >= 0.3 is 5.97 Å². The topological polar surface area (TPSA) is 62.5 Å². The molecule has 0 spiro atoms. The van der Waals surface area contributed by atoms with Gasteiger partial charge in [0.25, 0.3) is 5.91 Å². The van der Waals surface area contributed by atoms with Crippen molar-refractivity contribution in [2.24, 2.45) is 0 Å². The van der Waals surface area contributed by atoms with E-state index in [0.717, 1.165) is 33.4 Å². The lowest BCUT2D eigenvalue weighted by Crippen LogP contribution is -2.20. The Balaban J connectivity index is 1.68. The average Bonchev–Trinajstić information content (AvgIpc) is 3.24. The van der Waals surface area contributed by atoms with Crippen molar-refractivity contribution in [3.63, 3.8) is 0 Å². The number of anilines is 2. The molecule has 0 radical (unpaired) electrons. The number of hydrogen-bond acceptors (Lipinski definition) is 2. The number of nitrogens with zero attached hydrogens (tertiary/aromatic N) is 2. The van der Waals surface area contributed by atoms with Gasteiger partial charge in [-0.1, -0.05) is 54.6 Å². The molecule has 1 N–H and O–H groups in total. The molecule has 1 aliphatic heterocycles. The number of amides is 1. The van der Waals surface area contributed by atoms with Crippen LogP contribution in [-0.4, -0.2) is 21.6 Å². The van der Waals surface area contributed by atoms with E-state index in [-0.39, 0.29) is 12.5 Å². The van der Waals surface area contributed by atoms with Gasteiger partial charge < -0.3 is 9.67 Å². The maximum atomic E-state index is 13.4. The van der Waals surface area contributed by atoms with Gasteiger partial charge in [-0.15, -0.1) is 0 Å². The van der Waals surface area contributed by atoms with Gasteiger partial charge in [-0.25, -0.2) is 0 Å². The van der Waals surface area contributed by atoms with Crippen molar-refractivity contribution in [3.8, 4) is 0 Å². The number of carboxylic acid groups (broad SMARTS) is 1. The van der Waals surface area contributed by atoms with E-state index in [2.05, 4.69) is 0 Å². The summed E-state index contributed by atoms with van der Waals surface area (Å²) in [6, 6.07) is 24.9. The Kier molecular flexibility index (Phi) is 4.21. The molecule has 1 amide bonds. The molecule has 0 saturated heterocycles. The van der Waals surface area contributed by atoms with Gasteiger partial charge in [-0.05, 0) is 30.3 Å². The Hall–Kier alpha value is -4.12. The van der Waals surface area contributed by atoms with Crippen LogP contribution in [0.5, 0.6) is 0 Å². The molecule has 0 aliphatic carbocycles. The molecule has 2 heterocycles. The molecule has 0 unspecified atom stereocenters. The predicted molar refractivity (Wildman–Crippen MR) is 117 cm³/mol. The van der Waals surface area contributed by atoms with Crippen LogP contribution in [0.4, 0.5) is 11.4 Å². The minimum atomic E-state index is -0.910. The first-order valence-electron chi connectivity index (χ1n) is 9.64. The van der Waals surface area contributed by atoms with E-state index in [1.807, 2.05) is 84.9 Å². The first-order valence-corrected chi connectivity index (χ1v) is 9.64. The fraction of sp³-hybridized carbons (Fsp3) is 0.0400. The number of carbonyl (C=O) groups excluding carboxylic acids is 1. The fourth-order valence-electron chi connectivity index (χ4n) is 4.04. The van der Waals surface area contributed by atoms with E-state index in [4.69, 9.17) is 0 Å². The van der Waals surface area contributed by atoms with Crippen molar-refractivity contribution in [1.29, 1.82) is 0 Å². The summed E-state index contributed by atoms with van der Waals surface area (Å²) in [5.41, 5.74) is 4.75. The van der Waals surface area contributed by atoms with Crippen LogP contribution in [-0.2, 0) is 16.1 Å². The van der Waals surface area contributed by atoms with Gasteiger partial charge in [-0.2, -0.15) is 0 Å². The number of aliphatic carboxylic acids is 1. The molecule has 146 valence electrons. The number of carbonyl (C=O) groups is 2. The second kappa shape index (κ2) is 7.04. The van der Waals surface area contributed by atoms with Gasteiger partial charge in [0, 0.05) is 33.9 Å². The number of rotatable bonds is 4. The molecule has 0 atom stereocenters. The number of aromatic nitrogens is 1. The van der Waals surface area contributed by atoms with Gasteiger partial charge in [0.05, 0.1) is 11.3 Å². The van der Waals surface area contributed by atoms with Crippen molar-refractivity contribution in [3.05, 3.63) is 96.2 Å². The van der Waals surface area contributed by atoms with Gasteiger partial charge in [-0.3, -0.25) is 14.5 Å². The van der Waals surface area contributed by atoms with Gasteiger partial charge in [0.1, 0.15) is 6.54 Å². The molecular weight excluding hydrogens is 376 g/mol. The number of benzene rings is 3. The zero-order valence-corrected chi connectivity index (χ0v) is 16.0. The summed E-state index contributed by atoms with van der Waals surface area (Å²) in [5.74, 6) is -1.01. The summed E-state index contributed by atoms with van der Waals surface area (Å²) in [7, 11) is 0. The van der Waals surface area contributed by atoms with Crippen molar-refractivity contribution < 1.29 is 14.7 Å². The number of fused-ring (bicyclic) bond motifs is 2. The van der Waals surface area contributed by atoms with E-state index in [1.165, 1.54) is 0 Å². The highest BCUT2D eigenvalue weighted by molar-refractivity contribution is 6.38. The molecule has 0 saturated carbocycles. The second-order valence-electron chi connectivity index (χ2n) is 7.17. The maximum Gasteiger partial charge on any atom is 0.323 e. The SMILES string of the molecule is O=C(O)Cn1cc(/C=C2/C(=O)N(c3ccccc3)c3ccccc32)c2ccccc21. The zero-order chi connectivity index (χ0) is 20.7. The van der Waals surface area contributed by atoms with Crippen LogP contribution in [0.2, 0.25) is 0 Å². The third-order valence-corrected chi connectivity index (χ3v) is 5.31. The van der Waals surface area contributed by atoms with E-state index in [0.29, 0.717) is 5.57 Å². The average molecular weight is 394 g/mol. The Bertz CT molecular complexity index is 1320. The van der Waals surface area contributed by atoms with E-state index in [9.17, 15) is 14.7 Å². The number of para-hydroxylation sites is 3. The lowest BCUT2D eigenvalue weighted by molar-refractivity contribution is -0.137. The fourth-order valence-corrected chi connectivity index (χ4v) is 4.04. The molecule has 0 fully saturated rings. The molecule has 3 aromatic carbocycles. The number of hydrogen-bond donors (Lipinski definition) is 1. The van der Waals surface area contributed by atoms with Crippen LogP contribution < -0.4 is 4.90 Å². The Morgan fingerprint density at radius 1 is 0.900 bits per heavy atom. The third-order valence-electron chi connectivity index (χ3n) is 5.31. The highest BCUT2D eigenvalue weighted by atomic mass is 16.4. The highest BCUT2D eigenvalue weighted by Gasteiger charge is 2.33. The largest absolute Gasteiger partial charge is 0.480 e. The van der Waals surface area contributed by atoms with Crippen LogP contribution in [0.15, 0.2) is 85.1 Å². The Morgan fingerprint density at radius 3 is 2.40 bits per heavy atom. The zero-order valence-electron chi connectivity index (χ0n) is 16.0. The molecule has 5 rings (SSSR count). The van der Waals surface area contributed by atoms with Gasteiger partial charge in [0.15, 0.2) is 0 Å². The lowest BCUT2D eigenvalue weighted by Gasteiger charge is -2.16. The summed E-state index contributed by atoms with van der Waals surface area (Å²) in [6.07, 6.45) is 3.66. The van der Waals surface area contributed by atoms with Crippen molar-refractivity contribution in [2.45, 2.75) is 6.54 Å². The first kappa shape index (κ1) is 17.9. The summed E-state index contributed by atoms with van der Waals surface area (Å²) in [6.45, 7) is -0.135. The summed E-state index contributed by atoms with van der Waals surface area (Å²) in [4.78, 5) is 26.4. The standard InChI is InChI=1S/C25H18N2O3/c28-24(29)16-26-15-17(19-10-4-6-12-22(19)26)14-21-20-11-5-7-13-23(20)27(25(21)30)18-8-2-1-3-9-18/h1-15H,16H2,(H,28,29)/b21-14+. The molecule has 30 heavy (non-hydrogen) atoms. The molecule has 5 heteroatoms. The second-order valence-corrected chi connectivity index (χ2v) is 7.17. The van der Waals surface area contributed by atoms with Crippen molar-refractivity contribution in [2.75, 3.05) is 4.90 Å². The lowest BCUT2D eigenvalue weighted by atomic mass is 10.0. The van der Waals surface area contributed by atoms with Crippen LogP contribution >= 0.6 is 0 Å². The smallest absolute Gasteiger partial charge is 0.323 e. The molecule has 1 aliphatic rings. The Labute approximate surface area is 173 Å². The molecular formula is C25H18N2O3. The van der Waals surface area contributed by atoms with Crippen LogP contribution in [0, 0.1) is 0 Å². The first-order chi connectivity index (χ1) is 14.6. The van der Waals surface area contributed by atoms with Crippen molar-refractivity contribution in [1.82, 2.24) is 4.57 Å². The quantitative estimate of drug-likeness (QED) is 0.499.